The topological polar surface area (TPSA) is 37.3 Å². The van der Waals surface area contributed by atoms with Crippen LogP contribution in [-0.4, -0.2) is 11.1 Å². The van der Waals surface area contributed by atoms with Gasteiger partial charge in [0.15, 0.2) is 0 Å². The number of unbranched alkanes of at least 4 members (excludes halogenated alkanes) is 11. The molecule has 0 atom stereocenters. The van der Waals surface area contributed by atoms with Crippen molar-refractivity contribution in [2.45, 2.75) is 89.9 Å². The highest BCUT2D eigenvalue weighted by atomic mass is 16.4. The third kappa shape index (κ3) is 18.9. The van der Waals surface area contributed by atoms with E-state index in [1.54, 1.807) is 0 Å². The van der Waals surface area contributed by atoms with E-state index in [0.29, 0.717) is 6.42 Å². The molecule has 0 aliphatic heterocycles. The minimum absolute atomic E-state index is 0.317. The highest BCUT2D eigenvalue weighted by Crippen LogP contribution is 2.10. The summed E-state index contributed by atoms with van der Waals surface area (Å²) in [6.45, 7) is 3.74. The molecule has 0 rings (SSSR count). The van der Waals surface area contributed by atoms with Gasteiger partial charge in [-0.15, -0.1) is 6.58 Å². The van der Waals surface area contributed by atoms with Gasteiger partial charge in [0.1, 0.15) is 0 Å². The van der Waals surface area contributed by atoms with Crippen molar-refractivity contribution in [1.29, 1.82) is 0 Å². The van der Waals surface area contributed by atoms with Gasteiger partial charge in [0, 0.05) is 6.42 Å². The van der Waals surface area contributed by atoms with Crippen LogP contribution in [0.25, 0.3) is 0 Å². The lowest BCUT2D eigenvalue weighted by atomic mass is 10.1. The van der Waals surface area contributed by atoms with Gasteiger partial charge in [-0.1, -0.05) is 56.8 Å². The molecule has 0 spiro atoms. The molecule has 0 fully saturated rings. The third-order valence-electron chi connectivity index (χ3n) is 3.71. The van der Waals surface area contributed by atoms with Gasteiger partial charge in [0.25, 0.3) is 0 Å². The maximum Gasteiger partial charge on any atom is 0.303 e. The van der Waals surface area contributed by atoms with Crippen molar-refractivity contribution in [3.63, 3.8) is 0 Å². The lowest BCUT2D eigenvalue weighted by Gasteiger charge is -2.00. The lowest BCUT2D eigenvalue weighted by molar-refractivity contribution is -0.137. The normalized spacial score (nSPS) is 11.0. The summed E-state index contributed by atoms with van der Waals surface area (Å²) >= 11 is 0. The van der Waals surface area contributed by atoms with Gasteiger partial charge in [0.05, 0.1) is 0 Å². The van der Waals surface area contributed by atoms with Gasteiger partial charge < -0.3 is 5.11 Å². The molecule has 1 N–H and O–H groups in total. The second-order valence-corrected chi connectivity index (χ2v) is 5.81. The molecule has 2 nitrogen and oxygen atoms in total. The quantitative estimate of drug-likeness (QED) is 0.269. The van der Waals surface area contributed by atoms with Crippen molar-refractivity contribution < 1.29 is 9.90 Å². The molecule has 0 saturated carbocycles. The zero-order valence-corrected chi connectivity index (χ0v) is 13.7. The second kappa shape index (κ2) is 17.0. The Bertz CT molecular complexity index is 269. The standard InChI is InChI=1S/C19H34O2/c1-2-3-4-5-6-7-8-9-10-11-12-13-14-15-16-17-18-19(20)21/h2,12-13H,1,3-11,14-18H2,(H,20,21)/b13-12+. The van der Waals surface area contributed by atoms with Crippen LogP contribution in [0.1, 0.15) is 89.9 Å². The lowest BCUT2D eigenvalue weighted by Crippen LogP contribution is -1.93. The summed E-state index contributed by atoms with van der Waals surface area (Å²) in [7, 11) is 0. The highest BCUT2D eigenvalue weighted by Gasteiger charge is 1.95. The summed E-state index contributed by atoms with van der Waals surface area (Å²) in [6, 6.07) is 0. The molecule has 0 radical (unpaired) electrons. The van der Waals surface area contributed by atoms with Crippen molar-refractivity contribution in [2.24, 2.45) is 0 Å². The number of carboxylic acids is 1. The maximum absolute atomic E-state index is 10.3. The monoisotopic (exact) mass is 294 g/mol. The smallest absolute Gasteiger partial charge is 0.303 e. The molecule has 122 valence electrons. The summed E-state index contributed by atoms with van der Waals surface area (Å²) in [5.74, 6) is -0.675. The van der Waals surface area contributed by atoms with Crippen LogP contribution in [0.4, 0.5) is 0 Å². The van der Waals surface area contributed by atoms with Crippen molar-refractivity contribution >= 4 is 5.97 Å². The van der Waals surface area contributed by atoms with Crippen molar-refractivity contribution in [1.82, 2.24) is 0 Å². The summed E-state index contributed by atoms with van der Waals surface area (Å²) in [5.41, 5.74) is 0. The van der Waals surface area contributed by atoms with E-state index in [1.165, 1.54) is 57.8 Å². The molecule has 21 heavy (non-hydrogen) atoms. The average Bonchev–Trinajstić information content (AvgIpc) is 2.46. The molecule has 0 unspecified atom stereocenters. The molecule has 0 amide bonds. The van der Waals surface area contributed by atoms with Gasteiger partial charge in [-0.2, -0.15) is 0 Å². The molecule has 0 aromatic heterocycles. The molecular weight excluding hydrogens is 260 g/mol. The van der Waals surface area contributed by atoms with E-state index in [-0.39, 0.29) is 0 Å². The Morgan fingerprint density at radius 2 is 1.14 bits per heavy atom. The second-order valence-electron chi connectivity index (χ2n) is 5.81. The zero-order valence-electron chi connectivity index (χ0n) is 13.7. The van der Waals surface area contributed by atoms with Gasteiger partial charge in [-0.3, -0.25) is 4.79 Å². The highest BCUT2D eigenvalue weighted by molar-refractivity contribution is 5.66. The zero-order chi connectivity index (χ0) is 15.6. The first-order valence-electron chi connectivity index (χ1n) is 8.75. The summed E-state index contributed by atoms with van der Waals surface area (Å²) in [5, 5.41) is 8.51. The van der Waals surface area contributed by atoms with E-state index in [2.05, 4.69) is 18.7 Å². The third-order valence-corrected chi connectivity index (χ3v) is 3.71. The van der Waals surface area contributed by atoms with E-state index in [1.807, 2.05) is 6.08 Å². The predicted octanol–water partition coefficient (Wildman–Crippen LogP) is 6.27. The Kier molecular flexibility index (Phi) is 16.2. The SMILES string of the molecule is C=CCCCCCCCCC/C=C/CCCCCC(=O)O. The van der Waals surface area contributed by atoms with E-state index < -0.39 is 5.97 Å². The number of aliphatic carboxylic acids is 1. The molecule has 0 aliphatic rings. The van der Waals surface area contributed by atoms with Gasteiger partial charge >= 0.3 is 5.97 Å². The molecule has 0 saturated heterocycles. The summed E-state index contributed by atoms with van der Waals surface area (Å²) in [6.07, 6.45) is 22.8. The summed E-state index contributed by atoms with van der Waals surface area (Å²) in [4.78, 5) is 10.3. The Labute approximate surface area is 131 Å². The van der Waals surface area contributed by atoms with Crippen LogP contribution in [0.15, 0.2) is 24.8 Å². The Morgan fingerprint density at radius 3 is 1.62 bits per heavy atom. The predicted molar refractivity (Wildman–Crippen MR) is 91.6 cm³/mol. The molecular formula is C19H34O2. The van der Waals surface area contributed by atoms with E-state index in [0.717, 1.165) is 25.7 Å². The Hall–Kier alpha value is -1.05. The number of carbonyl (C=O) groups is 1. The van der Waals surface area contributed by atoms with Crippen LogP contribution in [-0.2, 0) is 4.79 Å². The largest absolute Gasteiger partial charge is 0.481 e. The van der Waals surface area contributed by atoms with Crippen LogP contribution >= 0.6 is 0 Å². The van der Waals surface area contributed by atoms with Crippen LogP contribution in [0, 0.1) is 0 Å². The molecule has 0 heterocycles. The fourth-order valence-electron chi connectivity index (χ4n) is 2.39. The Morgan fingerprint density at radius 1 is 0.714 bits per heavy atom. The van der Waals surface area contributed by atoms with Crippen molar-refractivity contribution in [3.8, 4) is 0 Å². The van der Waals surface area contributed by atoms with Crippen molar-refractivity contribution in [3.05, 3.63) is 24.8 Å². The molecule has 0 aliphatic carbocycles. The first-order chi connectivity index (χ1) is 10.3. The fourth-order valence-corrected chi connectivity index (χ4v) is 2.39. The minimum atomic E-state index is -0.675. The number of hydrogen-bond donors (Lipinski definition) is 1. The molecule has 0 aromatic carbocycles. The van der Waals surface area contributed by atoms with Crippen LogP contribution in [0.5, 0.6) is 0 Å². The first kappa shape index (κ1) is 19.9. The van der Waals surface area contributed by atoms with Crippen LogP contribution < -0.4 is 0 Å². The number of hydrogen-bond acceptors (Lipinski definition) is 1. The van der Waals surface area contributed by atoms with E-state index in [4.69, 9.17) is 5.11 Å². The van der Waals surface area contributed by atoms with Gasteiger partial charge in [-0.25, -0.2) is 0 Å². The Balaban J connectivity index is 3.08. The molecule has 0 aromatic rings. The number of carboxylic acid groups (broad SMARTS) is 1. The first-order valence-corrected chi connectivity index (χ1v) is 8.75. The van der Waals surface area contributed by atoms with Crippen LogP contribution in [0.2, 0.25) is 0 Å². The van der Waals surface area contributed by atoms with Gasteiger partial charge in [-0.05, 0) is 44.9 Å². The van der Waals surface area contributed by atoms with Crippen LogP contribution in [0.3, 0.4) is 0 Å². The minimum Gasteiger partial charge on any atom is -0.481 e. The fraction of sp³-hybridized carbons (Fsp3) is 0.737. The van der Waals surface area contributed by atoms with E-state index in [9.17, 15) is 4.79 Å². The number of rotatable bonds is 16. The molecule has 0 bridgehead atoms. The number of allylic oxidation sites excluding steroid dienone is 3. The maximum atomic E-state index is 10.3. The van der Waals surface area contributed by atoms with Gasteiger partial charge in [0.2, 0.25) is 0 Å². The van der Waals surface area contributed by atoms with E-state index >= 15 is 0 Å². The van der Waals surface area contributed by atoms with Crippen molar-refractivity contribution in [2.75, 3.05) is 0 Å². The summed E-state index contributed by atoms with van der Waals surface area (Å²) < 4.78 is 0. The molecule has 2 heteroatoms. The average molecular weight is 294 g/mol.